The molecule has 0 spiro atoms. The molecule has 0 unspecified atom stereocenters. The molecule has 2 N–H and O–H groups in total. The van der Waals surface area contributed by atoms with Crippen molar-refractivity contribution in [3.8, 4) is 5.75 Å². The molecular weight excluding hydrogens is 292 g/mol. The van der Waals surface area contributed by atoms with E-state index in [9.17, 15) is 13.2 Å². The molecule has 0 aliphatic rings. The molecule has 118 valence electrons. The monoisotopic (exact) mass is 314 g/mol. The molecule has 0 saturated heterocycles. The van der Waals surface area contributed by atoms with E-state index in [-0.39, 0.29) is 23.8 Å². The van der Waals surface area contributed by atoms with E-state index >= 15 is 0 Å². The summed E-state index contributed by atoms with van der Waals surface area (Å²) in [5, 5.41) is 5.88. The second-order valence-electron chi connectivity index (χ2n) is 4.55. The van der Waals surface area contributed by atoms with Gasteiger partial charge in [-0.1, -0.05) is 6.92 Å². The number of hydrogen-bond acceptors (Lipinski definition) is 5. The number of ether oxygens (including phenoxy) is 1. The zero-order chi connectivity index (χ0) is 15.7. The average molecular weight is 314 g/mol. The first-order valence-electron chi connectivity index (χ1n) is 6.84. The number of benzene rings is 1. The van der Waals surface area contributed by atoms with Crippen molar-refractivity contribution in [1.29, 1.82) is 0 Å². The number of rotatable bonds is 9. The van der Waals surface area contributed by atoms with Crippen molar-refractivity contribution in [3.05, 3.63) is 24.3 Å². The third kappa shape index (κ3) is 7.10. The van der Waals surface area contributed by atoms with Crippen LogP contribution in [0.4, 0.5) is 0 Å². The van der Waals surface area contributed by atoms with Crippen molar-refractivity contribution < 1.29 is 17.9 Å². The van der Waals surface area contributed by atoms with Crippen LogP contribution in [-0.4, -0.2) is 46.8 Å². The molecule has 1 amide bonds. The Hall–Kier alpha value is -1.60. The van der Waals surface area contributed by atoms with Crippen molar-refractivity contribution in [2.75, 3.05) is 32.5 Å². The Morgan fingerprint density at radius 2 is 1.86 bits per heavy atom. The van der Waals surface area contributed by atoms with Crippen LogP contribution < -0.4 is 15.4 Å². The molecular formula is C14H22N2O4S. The second-order valence-corrected chi connectivity index (χ2v) is 6.56. The maximum Gasteiger partial charge on any atom is 0.223 e. The molecule has 0 heterocycles. The van der Waals surface area contributed by atoms with Gasteiger partial charge in [-0.05, 0) is 30.8 Å². The number of likely N-dealkylation sites (N-methyl/N-ethyl adjacent to an activating group) is 1. The third-order valence-corrected chi connectivity index (χ3v) is 3.85. The predicted molar refractivity (Wildman–Crippen MR) is 81.2 cm³/mol. The molecule has 1 aromatic carbocycles. The summed E-state index contributed by atoms with van der Waals surface area (Å²) in [4.78, 5) is 11.7. The number of amides is 1. The van der Waals surface area contributed by atoms with Crippen molar-refractivity contribution in [3.63, 3.8) is 0 Å². The largest absolute Gasteiger partial charge is 0.493 e. The lowest BCUT2D eigenvalue weighted by Gasteiger charge is -2.08. The number of carbonyl (C=O) groups is 1. The number of hydrogen-bond donors (Lipinski definition) is 2. The maximum atomic E-state index is 11.5. The van der Waals surface area contributed by atoms with E-state index in [1.165, 1.54) is 12.1 Å². The van der Waals surface area contributed by atoms with Gasteiger partial charge in [0.25, 0.3) is 0 Å². The zero-order valence-electron chi connectivity index (χ0n) is 12.4. The van der Waals surface area contributed by atoms with Gasteiger partial charge >= 0.3 is 0 Å². The van der Waals surface area contributed by atoms with Gasteiger partial charge in [0.1, 0.15) is 5.75 Å². The Balaban J connectivity index is 2.28. The molecule has 1 aromatic rings. The van der Waals surface area contributed by atoms with Gasteiger partial charge in [-0.2, -0.15) is 0 Å². The van der Waals surface area contributed by atoms with Crippen LogP contribution in [0, 0.1) is 0 Å². The topological polar surface area (TPSA) is 84.5 Å². The van der Waals surface area contributed by atoms with Gasteiger partial charge < -0.3 is 15.4 Å². The Kier molecular flexibility index (Phi) is 7.18. The SMILES string of the molecule is CCNCCNC(=O)CCOc1ccc(S(C)(=O)=O)cc1. The van der Waals surface area contributed by atoms with E-state index in [1.807, 2.05) is 6.92 Å². The summed E-state index contributed by atoms with van der Waals surface area (Å²) in [5.74, 6) is 0.475. The molecule has 1 rings (SSSR count). The number of nitrogens with one attached hydrogen (secondary N) is 2. The lowest BCUT2D eigenvalue weighted by molar-refractivity contribution is -0.121. The van der Waals surface area contributed by atoms with Crippen LogP contribution in [0.5, 0.6) is 5.75 Å². The van der Waals surface area contributed by atoms with Gasteiger partial charge in [0.15, 0.2) is 9.84 Å². The Bertz CT molecular complexity index is 541. The summed E-state index contributed by atoms with van der Waals surface area (Å²) in [6.45, 7) is 4.48. The van der Waals surface area contributed by atoms with Crippen molar-refractivity contribution in [2.24, 2.45) is 0 Å². The van der Waals surface area contributed by atoms with Crippen LogP contribution in [-0.2, 0) is 14.6 Å². The van der Waals surface area contributed by atoms with E-state index < -0.39 is 9.84 Å². The van der Waals surface area contributed by atoms with E-state index in [2.05, 4.69) is 10.6 Å². The molecule has 0 saturated carbocycles. The smallest absolute Gasteiger partial charge is 0.223 e. The van der Waals surface area contributed by atoms with Crippen molar-refractivity contribution in [2.45, 2.75) is 18.2 Å². The van der Waals surface area contributed by atoms with Crippen LogP contribution in [0.25, 0.3) is 0 Å². The molecule has 0 fully saturated rings. The summed E-state index contributed by atoms with van der Waals surface area (Å²) >= 11 is 0. The van der Waals surface area contributed by atoms with Gasteiger partial charge in [-0.3, -0.25) is 4.79 Å². The Morgan fingerprint density at radius 1 is 1.19 bits per heavy atom. The Morgan fingerprint density at radius 3 is 2.43 bits per heavy atom. The van der Waals surface area contributed by atoms with Crippen LogP contribution in [0.2, 0.25) is 0 Å². The van der Waals surface area contributed by atoms with Crippen LogP contribution >= 0.6 is 0 Å². The van der Waals surface area contributed by atoms with Crippen LogP contribution in [0.1, 0.15) is 13.3 Å². The van der Waals surface area contributed by atoms with E-state index in [0.29, 0.717) is 12.3 Å². The lowest BCUT2D eigenvalue weighted by atomic mass is 10.3. The van der Waals surface area contributed by atoms with Crippen molar-refractivity contribution >= 4 is 15.7 Å². The standard InChI is InChI=1S/C14H22N2O4S/c1-3-15-9-10-16-14(17)8-11-20-12-4-6-13(7-5-12)21(2,18)19/h4-7,15H,3,8-11H2,1-2H3,(H,16,17). The van der Waals surface area contributed by atoms with Crippen LogP contribution in [0.3, 0.4) is 0 Å². The average Bonchev–Trinajstić information content (AvgIpc) is 2.43. The molecule has 0 bridgehead atoms. The quantitative estimate of drug-likeness (QED) is 0.652. The molecule has 0 radical (unpaired) electrons. The normalized spacial score (nSPS) is 11.1. The summed E-state index contributed by atoms with van der Waals surface area (Å²) in [5.41, 5.74) is 0. The summed E-state index contributed by atoms with van der Waals surface area (Å²) in [7, 11) is -3.19. The molecule has 7 heteroatoms. The van der Waals surface area contributed by atoms with E-state index in [1.54, 1.807) is 12.1 Å². The highest BCUT2D eigenvalue weighted by Crippen LogP contribution is 2.15. The molecule has 0 atom stereocenters. The highest BCUT2D eigenvalue weighted by molar-refractivity contribution is 7.90. The van der Waals surface area contributed by atoms with Gasteiger partial charge in [0.05, 0.1) is 17.9 Å². The number of carbonyl (C=O) groups excluding carboxylic acids is 1. The van der Waals surface area contributed by atoms with Gasteiger partial charge in [-0.15, -0.1) is 0 Å². The molecule has 0 aromatic heterocycles. The summed E-state index contributed by atoms with van der Waals surface area (Å²) in [6, 6.07) is 6.14. The van der Waals surface area contributed by atoms with Gasteiger partial charge in [0, 0.05) is 19.3 Å². The minimum Gasteiger partial charge on any atom is -0.493 e. The second kappa shape index (κ2) is 8.63. The molecule has 21 heavy (non-hydrogen) atoms. The first-order valence-corrected chi connectivity index (χ1v) is 8.73. The molecule has 0 aliphatic carbocycles. The summed E-state index contributed by atoms with van der Waals surface area (Å²) in [6.07, 6.45) is 1.42. The van der Waals surface area contributed by atoms with Crippen LogP contribution in [0.15, 0.2) is 29.2 Å². The number of sulfone groups is 1. The van der Waals surface area contributed by atoms with E-state index in [4.69, 9.17) is 4.74 Å². The minimum absolute atomic E-state index is 0.0688. The molecule has 6 nitrogen and oxygen atoms in total. The first-order chi connectivity index (χ1) is 9.93. The van der Waals surface area contributed by atoms with Crippen molar-refractivity contribution in [1.82, 2.24) is 10.6 Å². The fourth-order valence-corrected chi connectivity index (χ4v) is 2.23. The fourth-order valence-electron chi connectivity index (χ4n) is 1.60. The first kappa shape index (κ1) is 17.5. The summed E-state index contributed by atoms with van der Waals surface area (Å²) < 4.78 is 28.0. The minimum atomic E-state index is -3.19. The Labute approximate surface area is 125 Å². The lowest BCUT2D eigenvalue weighted by Crippen LogP contribution is -2.32. The highest BCUT2D eigenvalue weighted by Gasteiger charge is 2.06. The fraction of sp³-hybridized carbons (Fsp3) is 0.500. The highest BCUT2D eigenvalue weighted by atomic mass is 32.2. The molecule has 0 aliphatic heterocycles. The zero-order valence-corrected chi connectivity index (χ0v) is 13.2. The predicted octanol–water partition coefficient (Wildman–Crippen LogP) is 0.585. The maximum absolute atomic E-state index is 11.5. The third-order valence-electron chi connectivity index (χ3n) is 2.72. The van der Waals surface area contributed by atoms with Gasteiger partial charge in [0.2, 0.25) is 5.91 Å². The van der Waals surface area contributed by atoms with Gasteiger partial charge in [-0.25, -0.2) is 8.42 Å². The van der Waals surface area contributed by atoms with E-state index in [0.717, 1.165) is 19.3 Å².